The zero-order valence-electron chi connectivity index (χ0n) is 11.6. The summed E-state index contributed by atoms with van der Waals surface area (Å²) in [4.78, 5) is 12.2. The molecule has 22 heavy (non-hydrogen) atoms. The lowest BCUT2D eigenvalue weighted by Gasteiger charge is -2.18. The molecule has 3 rings (SSSR count). The molecule has 0 saturated carbocycles. The number of amides is 1. The molecule has 0 atom stereocenters. The number of rotatable bonds is 3. The average Bonchev–Trinajstić information content (AvgIpc) is 2.53. The molecule has 2 aromatic rings. The highest BCUT2D eigenvalue weighted by molar-refractivity contribution is 9.10. The van der Waals surface area contributed by atoms with Crippen LogP contribution in [0.15, 0.2) is 52.5 Å². The second-order valence-electron chi connectivity index (χ2n) is 4.95. The fourth-order valence-electron chi connectivity index (χ4n) is 2.18. The lowest BCUT2D eigenvalue weighted by atomic mass is 10.1. The minimum atomic E-state index is -0.291. The van der Waals surface area contributed by atoms with Crippen LogP contribution in [0.1, 0.15) is 11.1 Å². The molecule has 2 aromatic carbocycles. The van der Waals surface area contributed by atoms with Gasteiger partial charge in [-0.2, -0.15) is 0 Å². The minimum absolute atomic E-state index is 0.185. The summed E-state index contributed by atoms with van der Waals surface area (Å²) in [5.74, 6) is 0.286. The van der Waals surface area contributed by atoms with Crippen LogP contribution in [0.3, 0.4) is 0 Å². The SMILES string of the molecule is O=C(NCc1ccc(F)cc1)C1=Cc2cc(Br)ccc2OC1. The lowest BCUT2D eigenvalue weighted by Crippen LogP contribution is -2.28. The van der Waals surface area contributed by atoms with Gasteiger partial charge in [0.15, 0.2) is 0 Å². The molecule has 0 unspecified atom stereocenters. The highest BCUT2D eigenvalue weighted by Crippen LogP contribution is 2.29. The molecule has 1 amide bonds. The molecule has 1 aliphatic heterocycles. The van der Waals surface area contributed by atoms with Gasteiger partial charge in [-0.05, 0) is 42.0 Å². The van der Waals surface area contributed by atoms with Crippen LogP contribution in [0.2, 0.25) is 0 Å². The highest BCUT2D eigenvalue weighted by atomic mass is 79.9. The Kier molecular flexibility index (Phi) is 4.24. The Labute approximate surface area is 135 Å². The number of ether oxygens (including phenoxy) is 1. The fraction of sp³-hybridized carbons (Fsp3) is 0.118. The van der Waals surface area contributed by atoms with Gasteiger partial charge in [0, 0.05) is 16.6 Å². The summed E-state index contributed by atoms with van der Waals surface area (Å²) < 4.78 is 19.3. The zero-order chi connectivity index (χ0) is 15.5. The predicted octanol–water partition coefficient (Wildman–Crippen LogP) is 3.68. The van der Waals surface area contributed by atoms with Gasteiger partial charge in [-0.15, -0.1) is 0 Å². The summed E-state index contributed by atoms with van der Waals surface area (Å²) >= 11 is 3.40. The molecule has 0 fully saturated rings. The molecule has 1 heterocycles. The molecule has 1 N–H and O–H groups in total. The monoisotopic (exact) mass is 361 g/mol. The van der Waals surface area contributed by atoms with Gasteiger partial charge >= 0.3 is 0 Å². The van der Waals surface area contributed by atoms with Crippen LogP contribution < -0.4 is 10.1 Å². The lowest BCUT2D eigenvalue weighted by molar-refractivity contribution is -0.117. The number of carbonyl (C=O) groups is 1. The van der Waals surface area contributed by atoms with Crippen LogP contribution >= 0.6 is 15.9 Å². The first kappa shape index (κ1) is 14.8. The van der Waals surface area contributed by atoms with Crippen LogP contribution in [-0.2, 0) is 11.3 Å². The fourth-order valence-corrected chi connectivity index (χ4v) is 2.56. The Morgan fingerprint density at radius 1 is 1.23 bits per heavy atom. The largest absolute Gasteiger partial charge is 0.488 e. The van der Waals surface area contributed by atoms with E-state index in [0.29, 0.717) is 12.1 Å². The Morgan fingerprint density at radius 3 is 2.77 bits per heavy atom. The number of hydrogen-bond donors (Lipinski definition) is 1. The van der Waals surface area contributed by atoms with E-state index in [2.05, 4.69) is 21.2 Å². The van der Waals surface area contributed by atoms with Crippen molar-refractivity contribution >= 4 is 27.9 Å². The van der Waals surface area contributed by atoms with Gasteiger partial charge in [-0.1, -0.05) is 28.1 Å². The standard InChI is InChI=1S/C17H13BrFNO2/c18-14-3-6-16-12(8-14)7-13(10-22-16)17(21)20-9-11-1-4-15(19)5-2-11/h1-8H,9-10H2,(H,20,21). The second-order valence-corrected chi connectivity index (χ2v) is 5.87. The summed E-state index contributed by atoms with van der Waals surface area (Å²) in [6.45, 7) is 0.589. The van der Waals surface area contributed by atoms with Crippen LogP contribution in [0.5, 0.6) is 5.75 Å². The molecule has 112 valence electrons. The van der Waals surface area contributed by atoms with E-state index in [1.165, 1.54) is 12.1 Å². The first-order valence-corrected chi connectivity index (χ1v) is 7.57. The van der Waals surface area contributed by atoms with E-state index in [-0.39, 0.29) is 18.3 Å². The number of nitrogens with one attached hydrogen (secondary N) is 1. The summed E-state index contributed by atoms with van der Waals surface area (Å²) in [7, 11) is 0. The predicted molar refractivity (Wildman–Crippen MR) is 85.9 cm³/mol. The maximum Gasteiger partial charge on any atom is 0.250 e. The molecule has 0 saturated heterocycles. The van der Waals surface area contributed by atoms with Crippen molar-refractivity contribution in [3.8, 4) is 5.75 Å². The van der Waals surface area contributed by atoms with Gasteiger partial charge in [-0.25, -0.2) is 4.39 Å². The molecule has 1 aliphatic rings. The van der Waals surface area contributed by atoms with Crippen LogP contribution in [0, 0.1) is 5.82 Å². The Balaban J connectivity index is 1.69. The third-order valence-electron chi connectivity index (χ3n) is 3.34. The molecular weight excluding hydrogens is 349 g/mol. The third kappa shape index (κ3) is 3.36. The van der Waals surface area contributed by atoms with Gasteiger partial charge in [-0.3, -0.25) is 4.79 Å². The van der Waals surface area contributed by atoms with Gasteiger partial charge < -0.3 is 10.1 Å². The van der Waals surface area contributed by atoms with Crippen molar-refractivity contribution in [2.24, 2.45) is 0 Å². The molecule has 0 aliphatic carbocycles. The molecule has 3 nitrogen and oxygen atoms in total. The Morgan fingerprint density at radius 2 is 2.00 bits per heavy atom. The normalized spacial score (nSPS) is 12.9. The van der Waals surface area contributed by atoms with Crippen LogP contribution in [0.25, 0.3) is 6.08 Å². The van der Waals surface area contributed by atoms with Crippen molar-refractivity contribution in [1.29, 1.82) is 0 Å². The minimum Gasteiger partial charge on any atom is -0.488 e. The summed E-state index contributed by atoms with van der Waals surface area (Å²) in [5, 5.41) is 2.81. The van der Waals surface area contributed by atoms with Gasteiger partial charge in [0.05, 0.1) is 5.57 Å². The summed E-state index contributed by atoms with van der Waals surface area (Å²) in [5.41, 5.74) is 2.27. The average molecular weight is 362 g/mol. The van der Waals surface area contributed by atoms with E-state index in [1.807, 2.05) is 24.3 Å². The number of fused-ring (bicyclic) bond motifs is 1. The van der Waals surface area contributed by atoms with E-state index in [1.54, 1.807) is 12.1 Å². The van der Waals surface area contributed by atoms with Crippen LogP contribution in [-0.4, -0.2) is 12.5 Å². The van der Waals surface area contributed by atoms with E-state index >= 15 is 0 Å². The summed E-state index contributed by atoms with van der Waals surface area (Å²) in [6.07, 6.45) is 1.82. The number of benzene rings is 2. The molecule has 0 aromatic heterocycles. The molecular formula is C17H13BrFNO2. The van der Waals surface area contributed by atoms with Gasteiger partial charge in [0.2, 0.25) is 0 Å². The molecule has 5 heteroatoms. The summed E-state index contributed by atoms with van der Waals surface area (Å²) in [6, 6.07) is 11.7. The van der Waals surface area contributed by atoms with Gasteiger partial charge in [0.1, 0.15) is 18.2 Å². The Hall–Kier alpha value is -2.14. The smallest absolute Gasteiger partial charge is 0.250 e. The number of carbonyl (C=O) groups excluding carboxylic acids is 1. The Bertz CT molecular complexity index is 741. The van der Waals surface area contributed by atoms with E-state index < -0.39 is 0 Å². The molecule has 0 bridgehead atoms. The van der Waals surface area contributed by atoms with Crippen molar-refractivity contribution < 1.29 is 13.9 Å². The third-order valence-corrected chi connectivity index (χ3v) is 3.84. The first-order valence-electron chi connectivity index (χ1n) is 6.77. The highest BCUT2D eigenvalue weighted by Gasteiger charge is 2.17. The number of hydrogen-bond acceptors (Lipinski definition) is 2. The molecule has 0 radical (unpaired) electrons. The maximum absolute atomic E-state index is 12.8. The van der Waals surface area contributed by atoms with Crippen molar-refractivity contribution in [2.75, 3.05) is 6.61 Å². The molecule has 0 spiro atoms. The van der Waals surface area contributed by atoms with Gasteiger partial charge in [0.25, 0.3) is 5.91 Å². The second kappa shape index (κ2) is 6.32. The maximum atomic E-state index is 12.8. The first-order chi connectivity index (χ1) is 10.6. The van der Waals surface area contributed by atoms with E-state index in [4.69, 9.17) is 4.74 Å². The van der Waals surface area contributed by atoms with E-state index in [0.717, 1.165) is 21.3 Å². The van der Waals surface area contributed by atoms with E-state index in [9.17, 15) is 9.18 Å². The topological polar surface area (TPSA) is 38.3 Å². The van der Waals surface area contributed by atoms with Crippen molar-refractivity contribution in [3.63, 3.8) is 0 Å². The van der Waals surface area contributed by atoms with Crippen molar-refractivity contribution in [3.05, 3.63) is 69.5 Å². The quantitative estimate of drug-likeness (QED) is 0.905. The zero-order valence-corrected chi connectivity index (χ0v) is 13.2. The number of halogens is 2. The van der Waals surface area contributed by atoms with Crippen molar-refractivity contribution in [2.45, 2.75) is 6.54 Å². The van der Waals surface area contributed by atoms with Crippen LogP contribution in [0.4, 0.5) is 4.39 Å². The van der Waals surface area contributed by atoms with Crippen molar-refractivity contribution in [1.82, 2.24) is 5.32 Å².